The summed E-state index contributed by atoms with van der Waals surface area (Å²) in [6.45, 7) is 1.74. The Labute approximate surface area is 194 Å². The van der Waals surface area contributed by atoms with Crippen LogP contribution in [0.1, 0.15) is 38.6 Å². The minimum Gasteiger partial charge on any atom is -0.480 e. The van der Waals surface area contributed by atoms with Crippen LogP contribution in [0.4, 0.5) is 4.79 Å². The Balaban J connectivity index is 1.33. The van der Waals surface area contributed by atoms with Crippen molar-refractivity contribution in [1.29, 1.82) is 0 Å². The first-order valence-corrected chi connectivity index (χ1v) is 11.2. The van der Waals surface area contributed by atoms with Gasteiger partial charge in [0, 0.05) is 13.0 Å². The standard InChI is InChI=1S/C24H23N3O5S/c1-14(23(29)30)27(2)22(28)20-11-25-21(33-20)12-26-24(31)32-13-19-17-9-5-3-7-15(17)16-8-4-6-10-18(16)19/h3-11,14,19H,12-13H2,1-2H3,(H,26,31)(H,29,30). The van der Waals surface area contributed by atoms with Gasteiger partial charge in [-0.1, -0.05) is 48.5 Å². The van der Waals surface area contributed by atoms with Crippen LogP contribution >= 0.6 is 11.3 Å². The van der Waals surface area contributed by atoms with E-state index < -0.39 is 24.0 Å². The maximum Gasteiger partial charge on any atom is 0.407 e. The van der Waals surface area contributed by atoms with Gasteiger partial charge in [-0.2, -0.15) is 0 Å². The number of benzene rings is 2. The lowest BCUT2D eigenvalue weighted by molar-refractivity contribution is -0.141. The van der Waals surface area contributed by atoms with Gasteiger partial charge < -0.3 is 20.1 Å². The van der Waals surface area contributed by atoms with E-state index in [1.54, 1.807) is 0 Å². The summed E-state index contributed by atoms with van der Waals surface area (Å²) in [4.78, 5) is 41.4. The first kappa shape index (κ1) is 22.5. The smallest absolute Gasteiger partial charge is 0.407 e. The molecule has 0 radical (unpaired) electrons. The molecule has 1 aromatic heterocycles. The van der Waals surface area contributed by atoms with E-state index >= 15 is 0 Å². The van der Waals surface area contributed by atoms with Crippen molar-refractivity contribution in [2.75, 3.05) is 13.7 Å². The normalized spacial score (nSPS) is 13.0. The number of alkyl carbamates (subject to hydrolysis) is 1. The molecule has 9 heteroatoms. The lowest BCUT2D eigenvalue weighted by atomic mass is 9.98. The average Bonchev–Trinajstić information content (AvgIpc) is 3.43. The van der Waals surface area contributed by atoms with Crippen molar-refractivity contribution >= 4 is 29.3 Å². The highest BCUT2D eigenvalue weighted by molar-refractivity contribution is 7.13. The van der Waals surface area contributed by atoms with Crippen LogP contribution < -0.4 is 5.32 Å². The van der Waals surface area contributed by atoms with Crippen molar-refractivity contribution in [3.63, 3.8) is 0 Å². The highest BCUT2D eigenvalue weighted by Crippen LogP contribution is 2.44. The van der Waals surface area contributed by atoms with Gasteiger partial charge in [0.1, 0.15) is 22.5 Å². The number of nitrogens with one attached hydrogen (secondary N) is 1. The molecule has 8 nitrogen and oxygen atoms in total. The van der Waals surface area contributed by atoms with Crippen molar-refractivity contribution < 1.29 is 24.2 Å². The Bertz CT molecular complexity index is 1160. The van der Waals surface area contributed by atoms with Crippen LogP contribution in [-0.4, -0.2) is 52.7 Å². The monoisotopic (exact) mass is 465 g/mol. The zero-order valence-electron chi connectivity index (χ0n) is 18.1. The Morgan fingerprint density at radius 3 is 2.33 bits per heavy atom. The second-order valence-electron chi connectivity index (χ2n) is 7.73. The number of ether oxygens (including phenoxy) is 1. The fourth-order valence-corrected chi connectivity index (χ4v) is 4.64. The molecule has 2 aromatic carbocycles. The first-order valence-electron chi connectivity index (χ1n) is 10.4. The summed E-state index contributed by atoms with van der Waals surface area (Å²) < 4.78 is 5.50. The fraction of sp³-hybridized carbons (Fsp3) is 0.250. The molecule has 0 saturated heterocycles. The molecule has 170 valence electrons. The molecular formula is C24H23N3O5S. The molecule has 33 heavy (non-hydrogen) atoms. The number of nitrogens with zero attached hydrogens (tertiary/aromatic N) is 2. The van der Waals surface area contributed by atoms with E-state index in [0.717, 1.165) is 38.5 Å². The number of thiazole rings is 1. The van der Waals surface area contributed by atoms with E-state index in [0.29, 0.717) is 9.88 Å². The molecule has 1 heterocycles. The number of hydrogen-bond acceptors (Lipinski definition) is 6. The number of carboxylic acid groups (broad SMARTS) is 1. The minimum atomic E-state index is -1.09. The lowest BCUT2D eigenvalue weighted by Gasteiger charge is -2.20. The van der Waals surface area contributed by atoms with Crippen molar-refractivity contribution in [3.8, 4) is 11.1 Å². The van der Waals surface area contributed by atoms with Crippen molar-refractivity contribution in [3.05, 3.63) is 75.7 Å². The van der Waals surface area contributed by atoms with Crippen molar-refractivity contribution in [2.45, 2.75) is 25.4 Å². The van der Waals surface area contributed by atoms with Gasteiger partial charge in [0.05, 0.1) is 12.7 Å². The number of fused-ring (bicyclic) bond motifs is 3. The molecule has 1 aliphatic rings. The number of aliphatic carboxylic acids is 1. The number of likely N-dealkylation sites (N-methyl/N-ethyl adjacent to an activating group) is 1. The molecule has 3 aromatic rings. The van der Waals surface area contributed by atoms with Crippen LogP contribution in [0.3, 0.4) is 0 Å². The van der Waals surface area contributed by atoms with Crippen LogP contribution in [0, 0.1) is 0 Å². The molecule has 2 amide bonds. The second kappa shape index (κ2) is 9.41. The minimum absolute atomic E-state index is 0.0287. The lowest BCUT2D eigenvalue weighted by Crippen LogP contribution is -2.39. The molecule has 0 aliphatic heterocycles. The largest absolute Gasteiger partial charge is 0.480 e. The van der Waals surface area contributed by atoms with Crippen molar-refractivity contribution in [2.24, 2.45) is 0 Å². The summed E-state index contributed by atoms with van der Waals surface area (Å²) >= 11 is 1.10. The van der Waals surface area contributed by atoms with Crippen LogP contribution in [-0.2, 0) is 16.1 Å². The summed E-state index contributed by atoms with van der Waals surface area (Å²) in [7, 11) is 1.43. The topological polar surface area (TPSA) is 109 Å². The third kappa shape index (κ3) is 4.58. The highest BCUT2D eigenvalue weighted by atomic mass is 32.1. The van der Waals surface area contributed by atoms with E-state index in [2.05, 4.69) is 34.6 Å². The van der Waals surface area contributed by atoms with Gasteiger partial charge in [0.2, 0.25) is 0 Å². The quantitative estimate of drug-likeness (QED) is 0.550. The predicted molar refractivity (Wildman–Crippen MR) is 123 cm³/mol. The maximum atomic E-state index is 12.4. The molecule has 2 N–H and O–H groups in total. The fourth-order valence-electron chi connectivity index (χ4n) is 3.80. The zero-order chi connectivity index (χ0) is 23.5. The Morgan fingerprint density at radius 1 is 1.12 bits per heavy atom. The van der Waals surface area contributed by atoms with Gasteiger partial charge in [0.25, 0.3) is 5.91 Å². The molecule has 0 saturated carbocycles. The predicted octanol–water partition coefficient (Wildman–Crippen LogP) is 3.73. The van der Waals surface area contributed by atoms with Crippen LogP contribution in [0.2, 0.25) is 0 Å². The molecule has 0 bridgehead atoms. The molecule has 1 unspecified atom stereocenters. The van der Waals surface area contributed by atoms with E-state index in [9.17, 15) is 14.4 Å². The van der Waals surface area contributed by atoms with Gasteiger partial charge in [-0.05, 0) is 29.2 Å². The highest BCUT2D eigenvalue weighted by Gasteiger charge is 2.29. The SMILES string of the molecule is CC(C(=O)O)N(C)C(=O)c1cnc(CNC(=O)OCC2c3ccccc3-c3ccccc32)s1. The number of rotatable bonds is 7. The van der Waals surface area contributed by atoms with Gasteiger partial charge in [-0.25, -0.2) is 14.6 Å². The van der Waals surface area contributed by atoms with Crippen LogP contribution in [0.25, 0.3) is 11.1 Å². The number of carboxylic acids is 1. The van der Waals surface area contributed by atoms with Gasteiger partial charge in [-0.15, -0.1) is 11.3 Å². The zero-order valence-corrected chi connectivity index (χ0v) is 19.0. The average molecular weight is 466 g/mol. The van der Waals surface area contributed by atoms with Gasteiger partial charge in [0.15, 0.2) is 0 Å². The third-order valence-corrected chi connectivity index (χ3v) is 6.74. The summed E-state index contributed by atoms with van der Waals surface area (Å²) in [6, 6.07) is 15.3. The molecule has 1 aliphatic carbocycles. The van der Waals surface area contributed by atoms with E-state index in [1.165, 1.54) is 20.2 Å². The number of hydrogen-bond donors (Lipinski definition) is 2. The Morgan fingerprint density at radius 2 is 1.73 bits per heavy atom. The van der Waals surface area contributed by atoms with Crippen LogP contribution in [0.5, 0.6) is 0 Å². The molecular weight excluding hydrogens is 442 g/mol. The maximum absolute atomic E-state index is 12.4. The number of aromatic nitrogens is 1. The number of amides is 2. The van der Waals surface area contributed by atoms with E-state index in [1.807, 2.05) is 24.3 Å². The molecule has 0 spiro atoms. The summed E-state index contributed by atoms with van der Waals surface area (Å²) in [5.74, 6) is -1.55. The number of carbonyl (C=O) groups excluding carboxylic acids is 2. The summed E-state index contributed by atoms with van der Waals surface area (Å²) in [6.07, 6.45) is 0.809. The molecule has 4 rings (SSSR count). The summed E-state index contributed by atoms with van der Waals surface area (Å²) in [5, 5.41) is 12.2. The molecule has 0 fully saturated rings. The third-order valence-electron chi connectivity index (χ3n) is 5.75. The van der Waals surface area contributed by atoms with Gasteiger partial charge >= 0.3 is 12.1 Å². The Hall–Kier alpha value is -3.72. The van der Waals surface area contributed by atoms with Crippen molar-refractivity contribution in [1.82, 2.24) is 15.2 Å². The van der Waals surface area contributed by atoms with E-state index in [-0.39, 0.29) is 19.1 Å². The second-order valence-corrected chi connectivity index (χ2v) is 8.84. The number of carbonyl (C=O) groups is 3. The molecule has 1 atom stereocenters. The van der Waals surface area contributed by atoms with E-state index in [4.69, 9.17) is 9.84 Å². The first-order chi connectivity index (χ1) is 15.9. The van der Waals surface area contributed by atoms with Crippen LogP contribution in [0.15, 0.2) is 54.7 Å². The Kier molecular flexibility index (Phi) is 6.41. The van der Waals surface area contributed by atoms with Gasteiger partial charge in [-0.3, -0.25) is 4.79 Å². The summed E-state index contributed by atoms with van der Waals surface area (Å²) in [5.41, 5.74) is 4.58.